The summed E-state index contributed by atoms with van der Waals surface area (Å²) < 4.78 is 5.90. The summed E-state index contributed by atoms with van der Waals surface area (Å²) in [5, 5.41) is 10.3. The standard InChI is InChI=1S/C20H26N2O2/c1-14-13-24-19-9-8-15(20(2,3)23)12-18(19)17(7-5-11-22)16(14)6-4-10-21/h4,6-10,12,23H,1,5,11,13,21-22H2,2-3H3/b10-4-,16-6+,17-7+. The van der Waals surface area contributed by atoms with Crippen LogP contribution in [0, 0.1) is 0 Å². The zero-order valence-corrected chi connectivity index (χ0v) is 14.4. The van der Waals surface area contributed by atoms with E-state index >= 15 is 0 Å². The van der Waals surface area contributed by atoms with Gasteiger partial charge in [-0.15, -0.1) is 0 Å². The van der Waals surface area contributed by atoms with Crippen LogP contribution in [0.3, 0.4) is 0 Å². The summed E-state index contributed by atoms with van der Waals surface area (Å²) in [6.07, 6.45) is 8.02. The van der Waals surface area contributed by atoms with Crippen LogP contribution in [0.4, 0.5) is 0 Å². The molecule has 4 heteroatoms. The Morgan fingerprint density at radius 3 is 2.71 bits per heavy atom. The van der Waals surface area contributed by atoms with E-state index in [2.05, 4.69) is 12.7 Å². The zero-order chi connectivity index (χ0) is 17.7. The summed E-state index contributed by atoms with van der Waals surface area (Å²) in [6, 6.07) is 5.75. The van der Waals surface area contributed by atoms with E-state index in [9.17, 15) is 5.11 Å². The van der Waals surface area contributed by atoms with Crippen molar-refractivity contribution in [1.82, 2.24) is 0 Å². The first-order valence-corrected chi connectivity index (χ1v) is 8.06. The number of hydrogen-bond donors (Lipinski definition) is 3. The molecular formula is C20H26N2O2. The van der Waals surface area contributed by atoms with Crippen molar-refractivity contribution >= 4 is 5.57 Å². The maximum absolute atomic E-state index is 10.3. The third-order valence-electron chi connectivity index (χ3n) is 3.94. The topological polar surface area (TPSA) is 81.5 Å². The normalized spacial score (nSPS) is 18.8. The second kappa shape index (κ2) is 7.51. The van der Waals surface area contributed by atoms with Gasteiger partial charge < -0.3 is 21.3 Å². The monoisotopic (exact) mass is 326 g/mol. The molecule has 0 atom stereocenters. The van der Waals surface area contributed by atoms with Crippen molar-refractivity contribution in [3.63, 3.8) is 0 Å². The Balaban J connectivity index is 2.67. The van der Waals surface area contributed by atoms with Gasteiger partial charge in [-0.3, -0.25) is 0 Å². The molecule has 1 aliphatic heterocycles. The van der Waals surface area contributed by atoms with Crippen LogP contribution in [-0.2, 0) is 5.60 Å². The van der Waals surface area contributed by atoms with Crippen LogP contribution < -0.4 is 16.2 Å². The lowest BCUT2D eigenvalue weighted by Crippen LogP contribution is -2.15. The van der Waals surface area contributed by atoms with Crippen LogP contribution in [0.15, 0.2) is 60.4 Å². The Morgan fingerprint density at radius 2 is 2.08 bits per heavy atom. The summed E-state index contributed by atoms with van der Waals surface area (Å²) in [7, 11) is 0. The van der Waals surface area contributed by atoms with Gasteiger partial charge in [-0.2, -0.15) is 0 Å². The second-order valence-corrected chi connectivity index (χ2v) is 6.32. The maximum atomic E-state index is 10.3. The van der Waals surface area contributed by atoms with Crippen molar-refractivity contribution in [2.45, 2.75) is 25.9 Å². The number of aliphatic hydroxyl groups is 1. The molecular weight excluding hydrogens is 300 g/mol. The average Bonchev–Trinajstić information content (AvgIpc) is 2.67. The maximum Gasteiger partial charge on any atom is 0.127 e. The fraction of sp³-hybridized carbons (Fsp3) is 0.300. The first-order chi connectivity index (χ1) is 11.4. The number of fused-ring (bicyclic) bond motifs is 1. The highest BCUT2D eigenvalue weighted by Gasteiger charge is 2.23. The van der Waals surface area contributed by atoms with Crippen molar-refractivity contribution in [2.75, 3.05) is 13.2 Å². The lowest BCUT2D eigenvalue weighted by Gasteiger charge is -2.20. The third-order valence-corrected chi connectivity index (χ3v) is 3.94. The van der Waals surface area contributed by atoms with Gasteiger partial charge >= 0.3 is 0 Å². The molecule has 4 nitrogen and oxygen atoms in total. The average molecular weight is 326 g/mol. The molecule has 0 aromatic heterocycles. The molecule has 2 rings (SSSR count). The van der Waals surface area contributed by atoms with E-state index in [-0.39, 0.29) is 0 Å². The SMILES string of the molecule is C=C1COc2ccc(C(C)(C)O)cc2C(=C/CCN)/C1=C/C=C\N. The molecule has 128 valence electrons. The minimum absolute atomic E-state index is 0.402. The third kappa shape index (κ3) is 3.96. The number of allylic oxidation sites excluding steroid dienone is 3. The second-order valence-electron chi connectivity index (χ2n) is 6.32. The van der Waals surface area contributed by atoms with Crippen molar-refractivity contribution < 1.29 is 9.84 Å². The molecule has 24 heavy (non-hydrogen) atoms. The molecule has 1 aromatic carbocycles. The van der Waals surface area contributed by atoms with Crippen LogP contribution in [0.1, 0.15) is 31.4 Å². The molecule has 1 aromatic rings. The Labute approximate surface area is 143 Å². The molecule has 0 unspecified atom stereocenters. The Kier molecular flexibility index (Phi) is 5.65. The van der Waals surface area contributed by atoms with Crippen molar-refractivity contribution in [3.8, 4) is 5.75 Å². The Morgan fingerprint density at radius 1 is 1.33 bits per heavy atom. The van der Waals surface area contributed by atoms with Gasteiger partial charge in [0.1, 0.15) is 12.4 Å². The molecule has 0 fully saturated rings. The van der Waals surface area contributed by atoms with Gasteiger partial charge in [0.25, 0.3) is 0 Å². The first-order valence-electron chi connectivity index (χ1n) is 8.06. The van der Waals surface area contributed by atoms with Crippen molar-refractivity contribution in [1.29, 1.82) is 0 Å². The van der Waals surface area contributed by atoms with Crippen LogP contribution >= 0.6 is 0 Å². The van der Waals surface area contributed by atoms with Gasteiger partial charge in [0.15, 0.2) is 0 Å². The largest absolute Gasteiger partial charge is 0.488 e. The first kappa shape index (κ1) is 18.0. The summed E-state index contributed by atoms with van der Waals surface area (Å²) in [4.78, 5) is 0. The minimum Gasteiger partial charge on any atom is -0.488 e. The van der Waals surface area contributed by atoms with E-state index in [1.807, 2.05) is 24.3 Å². The van der Waals surface area contributed by atoms with Crippen molar-refractivity contribution in [2.24, 2.45) is 11.5 Å². The molecule has 0 aliphatic carbocycles. The summed E-state index contributed by atoms with van der Waals surface area (Å²) >= 11 is 0. The zero-order valence-electron chi connectivity index (χ0n) is 14.4. The van der Waals surface area contributed by atoms with Gasteiger partial charge in [0, 0.05) is 5.56 Å². The van der Waals surface area contributed by atoms with Gasteiger partial charge in [0.2, 0.25) is 0 Å². The molecule has 1 aliphatic rings. The quantitative estimate of drug-likeness (QED) is 0.794. The molecule has 1 heterocycles. The van der Waals surface area contributed by atoms with E-state index in [1.54, 1.807) is 19.9 Å². The summed E-state index contributed by atoms with van der Waals surface area (Å²) in [5.41, 5.74) is 14.8. The lowest BCUT2D eigenvalue weighted by molar-refractivity contribution is 0.0785. The van der Waals surface area contributed by atoms with Gasteiger partial charge in [-0.25, -0.2) is 0 Å². The highest BCUT2D eigenvalue weighted by Crippen LogP contribution is 2.39. The number of ether oxygens (including phenoxy) is 1. The van der Waals surface area contributed by atoms with Gasteiger partial charge in [0.05, 0.1) is 5.60 Å². The molecule has 0 amide bonds. The smallest absolute Gasteiger partial charge is 0.127 e. The van der Waals surface area contributed by atoms with Gasteiger partial charge in [-0.05, 0) is 73.5 Å². The molecule has 0 saturated carbocycles. The van der Waals surface area contributed by atoms with Crippen LogP contribution in [0.25, 0.3) is 5.57 Å². The van der Waals surface area contributed by atoms with E-state index in [0.29, 0.717) is 13.2 Å². The fourth-order valence-corrected chi connectivity index (χ4v) is 2.63. The van der Waals surface area contributed by atoms with E-state index in [4.69, 9.17) is 16.2 Å². The molecule has 0 saturated heterocycles. The van der Waals surface area contributed by atoms with E-state index in [1.165, 1.54) is 6.20 Å². The highest BCUT2D eigenvalue weighted by atomic mass is 16.5. The van der Waals surface area contributed by atoms with Gasteiger partial charge in [-0.1, -0.05) is 24.8 Å². The predicted molar refractivity (Wildman–Crippen MR) is 99.4 cm³/mol. The van der Waals surface area contributed by atoms with E-state index in [0.717, 1.165) is 40.0 Å². The number of benzene rings is 1. The molecule has 0 bridgehead atoms. The van der Waals surface area contributed by atoms with Crippen molar-refractivity contribution in [3.05, 3.63) is 71.5 Å². The molecule has 0 spiro atoms. The minimum atomic E-state index is -0.932. The molecule has 5 N–H and O–H groups in total. The number of rotatable bonds is 4. The predicted octanol–water partition coefficient (Wildman–Crippen LogP) is 2.99. The Hall–Kier alpha value is -2.30. The lowest BCUT2D eigenvalue weighted by atomic mass is 9.88. The highest BCUT2D eigenvalue weighted by molar-refractivity contribution is 5.87. The van der Waals surface area contributed by atoms with Crippen LogP contribution in [0.5, 0.6) is 5.75 Å². The van der Waals surface area contributed by atoms with Crippen LogP contribution in [0.2, 0.25) is 0 Å². The van der Waals surface area contributed by atoms with E-state index < -0.39 is 5.60 Å². The fourth-order valence-electron chi connectivity index (χ4n) is 2.63. The Bertz CT molecular complexity index is 707. The molecule has 0 radical (unpaired) electrons. The summed E-state index contributed by atoms with van der Waals surface area (Å²) in [6.45, 7) is 8.62. The number of hydrogen-bond acceptors (Lipinski definition) is 4. The number of nitrogens with two attached hydrogens (primary N) is 2. The summed E-state index contributed by atoms with van der Waals surface area (Å²) in [5.74, 6) is 0.771. The van der Waals surface area contributed by atoms with Crippen LogP contribution in [-0.4, -0.2) is 18.3 Å².